The highest BCUT2D eigenvalue weighted by molar-refractivity contribution is 6.74. The Morgan fingerprint density at radius 2 is 1.97 bits per heavy atom. The van der Waals surface area contributed by atoms with Gasteiger partial charge in [0.15, 0.2) is 31.0 Å². The normalized spacial score (nSPS) is 23.9. The largest absolute Gasteiger partial charge is 0.406 e. The first kappa shape index (κ1) is 27.8. The van der Waals surface area contributed by atoms with E-state index in [2.05, 4.69) is 60.2 Å². The third-order valence-corrected chi connectivity index (χ3v) is 12.0. The van der Waals surface area contributed by atoms with E-state index in [0.29, 0.717) is 16.7 Å². The van der Waals surface area contributed by atoms with Crippen molar-refractivity contribution < 1.29 is 24.2 Å². The van der Waals surface area contributed by atoms with E-state index in [0.717, 1.165) is 0 Å². The molecule has 0 radical (unpaired) electrons. The van der Waals surface area contributed by atoms with Gasteiger partial charge in [0.2, 0.25) is 0 Å². The number of carbonyl (C=O) groups excluding carboxylic acids is 1. The van der Waals surface area contributed by atoms with Crippen molar-refractivity contribution in [2.24, 2.45) is 0 Å². The molecule has 0 aliphatic carbocycles. The number of imidazole rings is 1. The first-order valence-corrected chi connectivity index (χ1v) is 15.4. The van der Waals surface area contributed by atoms with E-state index in [1.807, 2.05) is 6.07 Å². The van der Waals surface area contributed by atoms with Gasteiger partial charge in [-0.2, -0.15) is 5.26 Å². The molecule has 12 heteroatoms. The van der Waals surface area contributed by atoms with Crippen LogP contribution >= 0.6 is 0 Å². The second kappa shape index (κ2) is 10.5. The number of amides is 1. The summed E-state index contributed by atoms with van der Waals surface area (Å²) in [7, 11) is -2.46. The number of fused-ring (bicyclic) bond motifs is 1. The van der Waals surface area contributed by atoms with Crippen LogP contribution in [0.15, 0.2) is 43.0 Å². The van der Waals surface area contributed by atoms with E-state index in [-0.39, 0.29) is 29.6 Å². The third kappa shape index (κ3) is 4.95. The summed E-state index contributed by atoms with van der Waals surface area (Å²) in [6, 6.07) is 10.9. The molecule has 1 aliphatic rings. The van der Waals surface area contributed by atoms with Crippen molar-refractivity contribution >= 4 is 31.2 Å². The van der Waals surface area contributed by atoms with Gasteiger partial charge in [0.25, 0.3) is 5.91 Å². The first-order valence-electron chi connectivity index (χ1n) is 12.5. The maximum absolute atomic E-state index is 12.8. The van der Waals surface area contributed by atoms with E-state index >= 15 is 0 Å². The van der Waals surface area contributed by atoms with Crippen LogP contribution in [-0.4, -0.2) is 68.9 Å². The van der Waals surface area contributed by atoms with Gasteiger partial charge < -0.3 is 24.7 Å². The van der Waals surface area contributed by atoms with Crippen molar-refractivity contribution in [2.45, 2.75) is 75.8 Å². The Balaban J connectivity index is 1.82. The molecule has 1 aliphatic heterocycles. The summed E-state index contributed by atoms with van der Waals surface area (Å²) in [6.07, 6.45) is 0.0106. The Bertz CT molecular complexity index is 1340. The van der Waals surface area contributed by atoms with Crippen LogP contribution in [0.2, 0.25) is 18.1 Å². The van der Waals surface area contributed by atoms with E-state index in [1.165, 1.54) is 12.7 Å². The molecule has 3 heterocycles. The molecular formula is C26H34N6O5Si. The van der Waals surface area contributed by atoms with Crippen molar-refractivity contribution in [2.75, 3.05) is 11.9 Å². The molecule has 0 unspecified atom stereocenters. The Kier molecular flexibility index (Phi) is 7.69. The van der Waals surface area contributed by atoms with Gasteiger partial charge in [-0.3, -0.25) is 9.36 Å². The van der Waals surface area contributed by atoms with Gasteiger partial charge >= 0.3 is 0 Å². The zero-order chi connectivity index (χ0) is 27.7. The predicted molar refractivity (Wildman–Crippen MR) is 143 cm³/mol. The molecule has 2 aromatic heterocycles. The van der Waals surface area contributed by atoms with Gasteiger partial charge in [0.05, 0.1) is 19.0 Å². The minimum atomic E-state index is -2.46. The molecule has 1 amide bonds. The van der Waals surface area contributed by atoms with Crippen molar-refractivity contribution in [3.8, 4) is 6.07 Å². The highest BCUT2D eigenvalue weighted by Gasteiger charge is 2.59. The summed E-state index contributed by atoms with van der Waals surface area (Å²) < 4.78 is 14.7. The number of benzene rings is 1. The predicted octanol–water partition coefficient (Wildman–Crippen LogP) is 3.18. The number of ether oxygens (including phenoxy) is 1. The Morgan fingerprint density at radius 1 is 1.26 bits per heavy atom. The van der Waals surface area contributed by atoms with Gasteiger partial charge in [-0.1, -0.05) is 39.0 Å². The number of nitriles is 1. The lowest BCUT2D eigenvalue weighted by Gasteiger charge is -2.44. The summed E-state index contributed by atoms with van der Waals surface area (Å²) in [5.41, 5.74) is -0.289. The Morgan fingerprint density at radius 3 is 2.61 bits per heavy atom. The average molecular weight is 539 g/mol. The molecule has 0 spiro atoms. The van der Waals surface area contributed by atoms with Gasteiger partial charge in [0.1, 0.15) is 24.6 Å². The maximum Gasteiger partial charge on any atom is 0.256 e. The zero-order valence-electron chi connectivity index (χ0n) is 22.3. The molecule has 4 rings (SSSR count). The van der Waals surface area contributed by atoms with Gasteiger partial charge in [-0.25, -0.2) is 15.0 Å². The van der Waals surface area contributed by atoms with E-state index in [4.69, 9.17) is 9.16 Å². The number of carbonyl (C=O) groups is 1. The van der Waals surface area contributed by atoms with E-state index in [9.17, 15) is 20.3 Å². The standard InChI is InChI=1S/C26H34N6O5Si/c1-25(2,3)38(4,5)37-21-20(34)18(14-33)36-26(21,12-9-13-27)32-16-30-19-22(28-15-29-23(19)32)31-24(35)17-10-7-6-8-11-17/h6-8,10-11,15-16,18,20-21,33-34H,9,12,14H2,1-5H3,(H,28,29,31,35)/t18-,20-,21-,26-/m1/s1. The molecule has 0 bridgehead atoms. The topological polar surface area (TPSA) is 155 Å². The van der Waals surface area contributed by atoms with Crippen LogP contribution in [0.5, 0.6) is 0 Å². The number of aliphatic hydroxyl groups excluding tert-OH is 2. The van der Waals surface area contributed by atoms with Crippen molar-refractivity contribution in [3.05, 3.63) is 48.5 Å². The fourth-order valence-electron chi connectivity index (χ4n) is 4.38. The quantitative estimate of drug-likeness (QED) is 0.367. The smallest absolute Gasteiger partial charge is 0.256 e. The number of aromatic nitrogens is 4. The van der Waals surface area contributed by atoms with Crippen molar-refractivity contribution in [1.82, 2.24) is 19.5 Å². The molecule has 1 saturated heterocycles. The minimum absolute atomic E-state index is 0.0879. The third-order valence-electron chi connectivity index (χ3n) is 7.50. The van der Waals surface area contributed by atoms with Gasteiger partial charge in [-0.05, 0) is 30.3 Å². The number of anilines is 1. The van der Waals surface area contributed by atoms with Gasteiger partial charge in [-0.15, -0.1) is 0 Å². The van der Waals surface area contributed by atoms with E-state index in [1.54, 1.807) is 28.8 Å². The Labute approximate surface area is 222 Å². The molecule has 3 aromatic rings. The SMILES string of the molecule is CC(C)(C)[Si](C)(C)O[C@@H]1[C@H](O)[C@@H](CO)O[C@@]1(CCC#N)n1cnc2c(NC(=O)c3ccccc3)ncnc21. The average Bonchev–Trinajstić information content (AvgIpc) is 3.43. The number of nitrogens with one attached hydrogen (secondary N) is 1. The van der Waals surface area contributed by atoms with Crippen molar-refractivity contribution in [1.29, 1.82) is 5.26 Å². The van der Waals surface area contributed by atoms with Gasteiger partial charge in [0, 0.05) is 18.4 Å². The summed E-state index contributed by atoms with van der Waals surface area (Å²) in [6.45, 7) is 9.95. The fourth-order valence-corrected chi connectivity index (χ4v) is 5.70. The highest BCUT2D eigenvalue weighted by atomic mass is 28.4. The second-order valence-corrected chi connectivity index (χ2v) is 15.7. The molecule has 1 aromatic carbocycles. The Hall–Kier alpha value is -3.21. The van der Waals surface area contributed by atoms with Crippen LogP contribution in [-0.2, 0) is 14.9 Å². The zero-order valence-corrected chi connectivity index (χ0v) is 23.3. The molecule has 4 atom stereocenters. The number of rotatable bonds is 8. The molecule has 1 fully saturated rings. The summed E-state index contributed by atoms with van der Waals surface area (Å²) >= 11 is 0. The molecule has 11 nitrogen and oxygen atoms in total. The number of hydrogen-bond donors (Lipinski definition) is 3. The number of nitrogens with zero attached hydrogens (tertiary/aromatic N) is 5. The van der Waals surface area contributed by atoms with Crippen LogP contribution < -0.4 is 5.32 Å². The van der Waals surface area contributed by atoms with Crippen LogP contribution in [0.25, 0.3) is 11.2 Å². The fraction of sp³-hybridized carbons (Fsp3) is 0.500. The minimum Gasteiger partial charge on any atom is -0.406 e. The monoisotopic (exact) mass is 538 g/mol. The van der Waals surface area contributed by atoms with Crippen LogP contribution in [0, 0.1) is 11.3 Å². The van der Waals surface area contributed by atoms with E-state index < -0.39 is 39.0 Å². The van der Waals surface area contributed by atoms with Crippen molar-refractivity contribution in [3.63, 3.8) is 0 Å². The van der Waals surface area contributed by atoms with Crippen LogP contribution in [0.4, 0.5) is 5.82 Å². The number of aliphatic hydroxyl groups is 2. The lowest BCUT2D eigenvalue weighted by Crippen LogP contribution is -2.54. The second-order valence-electron chi connectivity index (χ2n) is 11.0. The molecule has 3 N–H and O–H groups in total. The highest BCUT2D eigenvalue weighted by Crippen LogP contribution is 2.47. The summed E-state index contributed by atoms with van der Waals surface area (Å²) in [4.78, 5) is 26.0. The molecule has 38 heavy (non-hydrogen) atoms. The first-order chi connectivity index (χ1) is 17.9. The summed E-state index contributed by atoms with van der Waals surface area (Å²) in [5, 5.41) is 33.4. The lowest BCUT2D eigenvalue weighted by atomic mass is 9.97. The van der Waals surface area contributed by atoms with Crippen LogP contribution in [0.1, 0.15) is 44.0 Å². The lowest BCUT2D eigenvalue weighted by molar-refractivity contribution is -0.146. The number of hydrogen-bond acceptors (Lipinski definition) is 9. The molecule has 202 valence electrons. The molecular weight excluding hydrogens is 504 g/mol. The maximum atomic E-state index is 12.8. The molecule has 0 saturated carbocycles. The summed E-state index contributed by atoms with van der Waals surface area (Å²) in [5.74, 6) is -0.150. The van der Waals surface area contributed by atoms with Crippen LogP contribution in [0.3, 0.4) is 0 Å².